The number of methoxy groups -OCH3 is 1. The number of amides is 1. The van der Waals surface area contributed by atoms with Crippen molar-refractivity contribution in [2.75, 3.05) is 33.5 Å². The summed E-state index contributed by atoms with van der Waals surface area (Å²) in [5, 5.41) is 0. The van der Waals surface area contributed by atoms with Crippen LogP contribution in [0.15, 0.2) is 54.6 Å². The smallest absolute Gasteiger partial charge is 0.237 e. The highest BCUT2D eigenvalue weighted by atomic mass is 32.2. The lowest BCUT2D eigenvalue weighted by molar-refractivity contribution is -0.130. The molecule has 0 saturated heterocycles. The van der Waals surface area contributed by atoms with Crippen molar-refractivity contribution in [1.82, 2.24) is 9.21 Å². The van der Waals surface area contributed by atoms with E-state index in [2.05, 4.69) is 0 Å². The Hall–Kier alpha value is -2.38. The van der Waals surface area contributed by atoms with Gasteiger partial charge in [0.05, 0.1) is 19.9 Å². The molecule has 0 radical (unpaired) electrons. The highest BCUT2D eigenvalue weighted by molar-refractivity contribution is 7.88. The van der Waals surface area contributed by atoms with Crippen LogP contribution in [0.1, 0.15) is 11.1 Å². The van der Waals surface area contributed by atoms with Crippen molar-refractivity contribution in [3.05, 3.63) is 65.7 Å². The van der Waals surface area contributed by atoms with Gasteiger partial charge in [-0.2, -0.15) is 4.31 Å². The predicted molar refractivity (Wildman–Crippen MR) is 106 cm³/mol. The van der Waals surface area contributed by atoms with E-state index in [4.69, 9.17) is 4.74 Å². The maximum Gasteiger partial charge on any atom is 0.237 e. The van der Waals surface area contributed by atoms with Crippen molar-refractivity contribution >= 4 is 15.9 Å². The molecule has 0 fully saturated rings. The molecule has 0 unspecified atom stereocenters. The van der Waals surface area contributed by atoms with Crippen molar-refractivity contribution in [3.8, 4) is 5.75 Å². The Kier molecular flexibility index (Phi) is 7.38. The summed E-state index contributed by atoms with van der Waals surface area (Å²) < 4.78 is 30.6. The summed E-state index contributed by atoms with van der Waals surface area (Å²) >= 11 is 0. The number of sulfonamides is 1. The second-order valence-electron chi connectivity index (χ2n) is 6.43. The quantitative estimate of drug-likeness (QED) is 0.658. The van der Waals surface area contributed by atoms with E-state index in [1.54, 1.807) is 19.1 Å². The normalized spacial score (nSPS) is 11.4. The number of benzene rings is 2. The van der Waals surface area contributed by atoms with E-state index < -0.39 is 10.0 Å². The van der Waals surface area contributed by atoms with Gasteiger partial charge in [-0.1, -0.05) is 42.5 Å². The zero-order valence-electron chi connectivity index (χ0n) is 16.0. The topological polar surface area (TPSA) is 66.9 Å². The van der Waals surface area contributed by atoms with Gasteiger partial charge >= 0.3 is 0 Å². The molecule has 2 aromatic rings. The number of rotatable bonds is 9. The number of carbonyl (C=O) groups excluding carboxylic acids is 1. The van der Waals surface area contributed by atoms with E-state index in [0.717, 1.165) is 23.1 Å². The van der Waals surface area contributed by atoms with Crippen LogP contribution >= 0.6 is 0 Å². The minimum Gasteiger partial charge on any atom is -0.497 e. The number of carbonyl (C=O) groups is 1. The van der Waals surface area contributed by atoms with E-state index in [1.165, 1.54) is 4.31 Å². The third-order valence-corrected chi connectivity index (χ3v) is 5.53. The molecule has 0 aromatic heterocycles. The van der Waals surface area contributed by atoms with E-state index in [9.17, 15) is 13.2 Å². The van der Waals surface area contributed by atoms with Crippen molar-refractivity contribution < 1.29 is 17.9 Å². The summed E-state index contributed by atoms with van der Waals surface area (Å²) in [4.78, 5) is 14.0. The first kappa shape index (κ1) is 20.9. The van der Waals surface area contributed by atoms with Crippen molar-refractivity contribution in [1.29, 1.82) is 0 Å². The summed E-state index contributed by atoms with van der Waals surface area (Å²) in [7, 11) is -0.213. The molecule has 0 aliphatic heterocycles. The average Bonchev–Trinajstić information content (AvgIpc) is 2.65. The Morgan fingerprint density at radius 1 is 1.00 bits per heavy atom. The van der Waals surface area contributed by atoms with Gasteiger partial charge in [0, 0.05) is 20.1 Å². The zero-order valence-corrected chi connectivity index (χ0v) is 16.8. The molecule has 2 aromatic carbocycles. The maximum absolute atomic E-state index is 12.5. The predicted octanol–water partition coefficient (Wildman–Crippen LogP) is 2.16. The lowest BCUT2D eigenvalue weighted by atomic mass is 10.1. The van der Waals surface area contributed by atoms with Gasteiger partial charge in [0.1, 0.15) is 5.75 Å². The van der Waals surface area contributed by atoms with Crippen LogP contribution < -0.4 is 4.74 Å². The monoisotopic (exact) mass is 390 g/mol. The Labute approximate surface area is 161 Å². The summed E-state index contributed by atoms with van der Waals surface area (Å²) in [5.74, 6) is 0.510. The van der Waals surface area contributed by atoms with Gasteiger partial charge in [-0.15, -0.1) is 0 Å². The molecule has 146 valence electrons. The summed E-state index contributed by atoms with van der Waals surface area (Å²) in [5.41, 5.74) is 1.98. The van der Waals surface area contributed by atoms with Gasteiger partial charge < -0.3 is 9.64 Å². The standard InChI is InChI=1S/C20H26N2O4S/c1-21(15-18-7-5-4-6-8-18)20(23)16-22(27(3,24)25)14-13-17-9-11-19(26-2)12-10-17/h4-12H,13-16H2,1-3H3. The van der Waals surface area contributed by atoms with Gasteiger partial charge in [-0.25, -0.2) is 8.42 Å². The first-order valence-electron chi connectivity index (χ1n) is 8.65. The first-order chi connectivity index (χ1) is 12.8. The molecule has 0 heterocycles. The minimum atomic E-state index is -3.49. The fraction of sp³-hybridized carbons (Fsp3) is 0.350. The van der Waals surface area contributed by atoms with Crippen LogP contribution in [0.25, 0.3) is 0 Å². The van der Waals surface area contributed by atoms with Gasteiger partial charge in [-0.05, 0) is 29.7 Å². The Balaban J connectivity index is 1.97. The summed E-state index contributed by atoms with van der Waals surface area (Å²) in [6.07, 6.45) is 1.65. The lowest BCUT2D eigenvalue weighted by Crippen LogP contribution is -2.41. The van der Waals surface area contributed by atoms with Crippen LogP contribution in [0.2, 0.25) is 0 Å². The molecule has 6 nitrogen and oxygen atoms in total. The van der Waals surface area contributed by atoms with E-state index >= 15 is 0 Å². The average molecular weight is 391 g/mol. The third-order valence-electron chi connectivity index (χ3n) is 4.28. The van der Waals surface area contributed by atoms with Crippen LogP contribution in [-0.4, -0.2) is 57.0 Å². The molecule has 27 heavy (non-hydrogen) atoms. The summed E-state index contributed by atoms with van der Waals surface area (Å²) in [6, 6.07) is 17.0. The van der Waals surface area contributed by atoms with E-state index in [-0.39, 0.29) is 19.0 Å². The zero-order chi connectivity index (χ0) is 19.9. The SMILES string of the molecule is COc1ccc(CCN(CC(=O)N(C)Cc2ccccc2)S(C)(=O)=O)cc1. The van der Waals surface area contributed by atoms with Crippen molar-refractivity contribution in [2.45, 2.75) is 13.0 Å². The van der Waals surface area contributed by atoms with Crippen LogP contribution in [0, 0.1) is 0 Å². The fourth-order valence-electron chi connectivity index (χ4n) is 2.63. The van der Waals surface area contributed by atoms with Crippen LogP contribution in [0.4, 0.5) is 0 Å². The molecule has 1 amide bonds. The Morgan fingerprint density at radius 3 is 2.19 bits per heavy atom. The van der Waals surface area contributed by atoms with E-state index in [0.29, 0.717) is 13.0 Å². The molecular formula is C20H26N2O4S. The van der Waals surface area contributed by atoms with Gasteiger partial charge in [0.15, 0.2) is 0 Å². The number of likely N-dealkylation sites (N-methyl/N-ethyl adjacent to an activating group) is 1. The molecule has 0 bridgehead atoms. The number of ether oxygens (including phenoxy) is 1. The molecule has 0 saturated carbocycles. The highest BCUT2D eigenvalue weighted by Crippen LogP contribution is 2.13. The highest BCUT2D eigenvalue weighted by Gasteiger charge is 2.22. The van der Waals surface area contributed by atoms with E-state index in [1.807, 2.05) is 54.6 Å². The Bertz CT molecular complexity index is 836. The molecule has 0 spiro atoms. The van der Waals surface area contributed by atoms with Crippen molar-refractivity contribution in [2.24, 2.45) is 0 Å². The fourth-order valence-corrected chi connectivity index (χ4v) is 3.39. The van der Waals surface area contributed by atoms with Crippen molar-refractivity contribution in [3.63, 3.8) is 0 Å². The van der Waals surface area contributed by atoms with Crippen LogP contribution in [-0.2, 0) is 27.8 Å². The lowest BCUT2D eigenvalue weighted by Gasteiger charge is -2.23. The molecular weight excluding hydrogens is 364 g/mol. The van der Waals surface area contributed by atoms with Crippen LogP contribution in [0.5, 0.6) is 5.75 Å². The Morgan fingerprint density at radius 2 is 1.63 bits per heavy atom. The van der Waals surface area contributed by atoms with Gasteiger partial charge in [0.2, 0.25) is 15.9 Å². The number of nitrogens with zero attached hydrogens (tertiary/aromatic N) is 2. The maximum atomic E-state index is 12.5. The second-order valence-corrected chi connectivity index (χ2v) is 8.41. The summed E-state index contributed by atoms with van der Waals surface area (Å²) in [6.45, 7) is 0.518. The molecule has 0 aliphatic carbocycles. The van der Waals surface area contributed by atoms with Crippen LogP contribution in [0.3, 0.4) is 0 Å². The molecule has 0 atom stereocenters. The largest absolute Gasteiger partial charge is 0.497 e. The second kappa shape index (κ2) is 9.53. The molecule has 0 N–H and O–H groups in total. The van der Waals surface area contributed by atoms with Gasteiger partial charge in [-0.3, -0.25) is 4.79 Å². The third kappa shape index (κ3) is 6.69. The number of hydrogen-bond acceptors (Lipinski definition) is 4. The first-order valence-corrected chi connectivity index (χ1v) is 10.5. The number of hydrogen-bond donors (Lipinski definition) is 0. The molecule has 7 heteroatoms. The van der Waals surface area contributed by atoms with Gasteiger partial charge in [0.25, 0.3) is 0 Å². The minimum absolute atomic E-state index is 0.168. The molecule has 2 rings (SSSR count). The molecule has 0 aliphatic rings.